The van der Waals surface area contributed by atoms with Gasteiger partial charge in [-0.05, 0) is 54.4 Å². The van der Waals surface area contributed by atoms with Crippen LogP contribution in [-0.2, 0) is 22.9 Å². The number of sulfonamides is 1. The SMILES string of the molecule is CC(C)(C)C1CCc2sc(C(=O)NNS(=O)(=O)c3cc(F)cc(F)c3)cc2C1. The van der Waals surface area contributed by atoms with E-state index in [1.54, 1.807) is 6.07 Å². The van der Waals surface area contributed by atoms with Gasteiger partial charge >= 0.3 is 0 Å². The number of aryl methyl sites for hydroxylation is 1. The summed E-state index contributed by atoms with van der Waals surface area (Å²) in [6.07, 6.45) is 2.83. The zero-order valence-electron chi connectivity index (χ0n) is 15.8. The Labute approximate surface area is 167 Å². The van der Waals surface area contributed by atoms with E-state index in [0.717, 1.165) is 29.7 Å². The minimum atomic E-state index is -4.30. The van der Waals surface area contributed by atoms with Gasteiger partial charge in [-0.2, -0.15) is 0 Å². The molecule has 152 valence electrons. The van der Waals surface area contributed by atoms with Crippen LogP contribution < -0.4 is 10.3 Å². The fourth-order valence-corrected chi connectivity index (χ4v) is 5.28. The largest absolute Gasteiger partial charge is 0.276 e. The van der Waals surface area contributed by atoms with Gasteiger partial charge in [0.05, 0.1) is 9.77 Å². The van der Waals surface area contributed by atoms with Crippen LogP contribution in [0.2, 0.25) is 0 Å². The number of thiophene rings is 1. The quantitative estimate of drug-likeness (QED) is 0.728. The van der Waals surface area contributed by atoms with Crippen molar-refractivity contribution in [1.82, 2.24) is 10.3 Å². The Morgan fingerprint density at radius 2 is 1.79 bits per heavy atom. The molecular weight excluding hydrogens is 406 g/mol. The molecule has 1 heterocycles. The van der Waals surface area contributed by atoms with Gasteiger partial charge in [0.25, 0.3) is 15.9 Å². The molecular formula is C19H22F2N2O3S2. The number of carbonyl (C=O) groups is 1. The Balaban J connectivity index is 1.70. The first-order valence-corrected chi connectivity index (χ1v) is 11.2. The molecule has 1 aliphatic carbocycles. The molecule has 1 aliphatic rings. The number of fused-ring (bicyclic) bond motifs is 1. The number of hydrogen-bond acceptors (Lipinski definition) is 4. The van der Waals surface area contributed by atoms with E-state index in [1.807, 2.05) is 4.83 Å². The molecule has 0 saturated carbocycles. The molecule has 28 heavy (non-hydrogen) atoms. The van der Waals surface area contributed by atoms with Gasteiger partial charge in [-0.3, -0.25) is 10.2 Å². The van der Waals surface area contributed by atoms with E-state index in [4.69, 9.17) is 0 Å². The highest BCUT2D eigenvalue weighted by Gasteiger charge is 2.30. The lowest BCUT2D eigenvalue weighted by Crippen LogP contribution is -2.41. The summed E-state index contributed by atoms with van der Waals surface area (Å²) in [6, 6.07) is 3.71. The maximum Gasteiger partial charge on any atom is 0.276 e. The highest BCUT2D eigenvalue weighted by atomic mass is 32.2. The van der Waals surface area contributed by atoms with E-state index in [0.29, 0.717) is 29.0 Å². The van der Waals surface area contributed by atoms with Gasteiger partial charge in [-0.1, -0.05) is 20.8 Å². The Hall–Kier alpha value is -1.84. The molecule has 5 nitrogen and oxygen atoms in total. The second-order valence-electron chi connectivity index (χ2n) is 8.03. The lowest BCUT2D eigenvalue weighted by Gasteiger charge is -2.33. The number of nitrogens with one attached hydrogen (secondary N) is 2. The van der Waals surface area contributed by atoms with Crippen molar-refractivity contribution in [2.24, 2.45) is 11.3 Å². The van der Waals surface area contributed by atoms with Gasteiger partial charge in [-0.15, -0.1) is 16.2 Å². The molecule has 1 atom stereocenters. The summed E-state index contributed by atoms with van der Waals surface area (Å²) < 4.78 is 50.8. The second-order valence-corrected chi connectivity index (χ2v) is 10.8. The van der Waals surface area contributed by atoms with Gasteiger partial charge in [0.2, 0.25) is 0 Å². The van der Waals surface area contributed by atoms with E-state index in [1.165, 1.54) is 11.3 Å². The van der Waals surface area contributed by atoms with E-state index in [9.17, 15) is 22.0 Å². The minimum absolute atomic E-state index is 0.178. The average molecular weight is 429 g/mol. The van der Waals surface area contributed by atoms with Gasteiger partial charge in [0, 0.05) is 10.9 Å². The second kappa shape index (κ2) is 7.53. The molecule has 2 N–H and O–H groups in total. The Morgan fingerprint density at radius 1 is 1.14 bits per heavy atom. The molecule has 1 amide bonds. The summed E-state index contributed by atoms with van der Waals surface area (Å²) in [5.74, 6) is -2.13. The molecule has 0 aliphatic heterocycles. The molecule has 1 aromatic carbocycles. The first kappa shape index (κ1) is 20.9. The number of amides is 1. The first-order valence-electron chi connectivity index (χ1n) is 8.85. The molecule has 1 aromatic heterocycles. The molecule has 0 fully saturated rings. The third-order valence-electron chi connectivity index (χ3n) is 4.98. The minimum Gasteiger partial charge on any atom is -0.273 e. The molecule has 9 heteroatoms. The van der Waals surface area contributed by atoms with Crippen molar-refractivity contribution < 1.29 is 22.0 Å². The van der Waals surface area contributed by atoms with Crippen molar-refractivity contribution in [2.75, 3.05) is 0 Å². The monoisotopic (exact) mass is 428 g/mol. The number of hydrazine groups is 1. The smallest absolute Gasteiger partial charge is 0.273 e. The summed E-state index contributed by atoms with van der Waals surface area (Å²) in [6.45, 7) is 6.60. The maximum absolute atomic E-state index is 13.3. The molecule has 3 rings (SSSR count). The van der Waals surface area contributed by atoms with Crippen molar-refractivity contribution in [2.45, 2.75) is 44.9 Å². The Kier molecular flexibility index (Phi) is 5.62. The summed E-state index contributed by atoms with van der Waals surface area (Å²) in [5.41, 5.74) is 3.42. The fourth-order valence-electron chi connectivity index (χ4n) is 3.29. The summed E-state index contributed by atoms with van der Waals surface area (Å²) >= 11 is 1.34. The van der Waals surface area contributed by atoms with Crippen LogP contribution in [0.25, 0.3) is 0 Å². The van der Waals surface area contributed by atoms with Gasteiger partial charge in [-0.25, -0.2) is 17.2 Å². The Morgan fingerprint density at radius 3 is 2.39 bits per heavy atom. The number of rotatable bonds is 4. The van der Waals surface area contributed by atoms with Crippen LogP contribution in [0.3, 0.4) is 0 Å². The van der Waals surface area contributed by atoms with Crippen molar-refractivity contribution in [3.63, 3.8) is 0 Å². The molecule has 0 spiro atoms. The predicted molar refractivity (Wildman–Crippen MR) is 103 cm³/mol. The van der Waals surface area contributed by atoms with Crippen LogP contribution in [0.4, 0.5) is 8.78 Å². The van der Waals surface area contributed by atoms with Crippen molar-refractivity contribution in [3.05, 3.63) is 51.2 Å². The van der Waals surface area contributed by atoms with E-state index in [-0.39, 0.29) is 5.41 Å². The van der Waals surface area contributed by atoms with Crippen LogP contribution in [0.5, 0.6) is 0 Å². The van der Waals surface area contributed by atoms with Crippen LogP contribution in [0.1, 0.15) is 47.3 Å². The maximum atomic E-state index is 13.3. The normalized spacial score (nSPS) is 17.2. The highest BCUT2D eigenvalue weighted by Crippen LogP contribution is 2.40. The van der Waals surface area contributed by atoms with E-state index in [2.05, 4.69) is 26.2 Å². The van der Waals surface area contributed by atoms with Crippen LogP contribution in [-0.4, -0.2) is 14.3 Å². The lowest BCUT2D eigenvalue weighted by molar-refractivity contribution is 0.0949. The van der Waals surface area contributed by atoms with Gasteiger partial charge in [0.1, 0.15) is 11.6 Å². The standard InChI is InChI=1S/C19H22F2N2O3S2/c1-19(2,3)12-4-5-16-11(6-12)7-17(27-16)18(24)22-23-28(25,26)15-9-13(20)8-14(21)10-15/h7-10,12,23H,4-6H2,1-3H3,(H,22,24). The number of carbonyl (C=O) groups excluding carboxylic acids is 1. The van der Waals surface area contributed by atoms with Gasteiger partial charge in [0.15, 0.2) is 0 Å². The molecule has 0 saturated heterocycles. The van der Waals surface area contributed by atoms with Crippen molar-refractivity contribution in [3.8, 4) is 0 Å². The molecule has 2 aromatic rings. The number of hydrogen-bond donors (Lipinski definition) is 2. The summed E-state index contributed by atoms with van der Waals surface area (Å²) in [4.78, 5) is 15.2. The summed E-state index contributed by atoms with van der Waals surface area (Å²) in [7, 11) is -4.30. The lowest BCUT2D eigenvalue weighted by atomic mass is 9.72. The van der Waals surface area contributed by atoms with Crippen LogP contribution >= 0.6 is 11.3 Å². The predicted octanol–water partition coefficient (Wildman–Crippen LogP) is 3.80. The molecule has 1 unspecified atom stereocenters. The topological polar surface area (TPSA) is 75.3 Å². The number of halogens is 2. The van der Waals surface area contributed by atoms with Crippen LogP contribution in [0, 0.1) is 23.0 Å². The average Bonchev–Trinajstić information content (AvgIpc) is 3.01. The van der Waals surface area contributed by atoms with E-state index >= 15 is 0 Å². The summed E-state index contributed by atoms with van der Waals surface area (Å²) in [5, 5.41) is 0. The van der Waals surface area contributed by atoms with Crippen molar-refractivity contribution in [1.29, 1.82) is 0 Å². The highest BCUT2D eigenvalue weighted by molar-refractivity contribution is 7.89. The van der Waals surface area contributed by atoms with Crippen molar-refractivity contribution >= 4 is 27.3 Å². The van der Waals surface area contributed by atoms with Gasteiger partial charge < -0.3 is 0 Å². The molecule has 0 bridgehead atoms. The van der Waals surface area contributed by atoms with Crippen LogP contribution in [0.15, 0.2) is 29.2 Å². The van der Waals surface area contributed by atoms with E-state index < -0.39 is 32.5 Å². The zero-order chi connectivity index (χ0) is 20.7. The third kappa shape index (κ3) is 4.59. The zero-order valence-corrected chi connectivity index (χ0v) is 17.4. The third-order valence-corrected chi connectivity index (χ3v) is 7.44. The Bertz CT molecular complexity index is 990. The number of benzene rings is 1. The first-order chi connectivity index (χ1) is 13.0. The fraction of sp³-hybridized carbons (Fsp3) is 0.421. The molecule has 0 radical (unpaired) electrons.